The van der Waals surface area contributed by atoms with Crippen LogP contribution < -0.4 is 0 Å². The second-order valence-corrected chi connectivity index (χ2v) is 16.9. The third kappa shape index (κ3) is 47.3. The molecule has 1 atom stereocenters. The molecule has 0 aromatic rings. The lowest BCUT2D eigenvalue weighted by atomic mass is 10.1. The van der Waals surface area contributed by atoms with Crippen LogP contribution in [0.1, 0.15) is 69.2 Å². The minimum atomic E-state index is -1.34. The van der Waals surface area contributed by atoms with E-state index < -0.39 is 47.0 Å². The Kier molecular flexibility index (Phi) is 46.2. The molecule has 0 aliphatic carbocycles. The van der Waals surface area contributed by atoms with Crippen LogP contribution in [0.3, 0.4) is 0 Å². The van der Waals surface area contributed by atoms with Crippen LogP contribution in [0.25, 0.3) is 0 Å². The molecule has 0 amide bonds. The molecule has 0 spiro atoms. The van der Waals surface area contributed by atoms with Crippen molar-refractivity contribution < 1.29 is 99.9 Å². The molecule has 0 aromatic carbocycles. The Balaban J connectivity index is -0.000000501. The van der Waals surface area contributed by atoms with Crippen LogP contribution in [0.5, 0.6) is 0 Å². The quantitative estimate of drug-likeness (QED) is 0.0146. The van der Waals surface area contributed by atoms with Crippen molar-refractivity contribution in [2.24, 2.45) is 0 Å². The minimum Gasteiger partial charge on any atom is -0.499 e. The zero-order valence-electron chi connectivity index (χ0n) is 47.3. The van der Waals surface area contributed by atoms with Gasteiger partial charge in [0.2, 0.25) is 0 Å². The van der Waals surface area contributed by atoms with Crippen molar-refractivity contribution in [1.82, 2.24) is 0 Å². The third-order valence-electron chi connectivity index (χ3n) is 8.25. The smallest absolute Gasteiger partial charge is 0.333 e. The highest BCUT2D eigenvalue weighted by Gasteiger charge is 2.33. The van der Waals surface area contributed by atoms with E-state index in [0.29, 0.717) is 55.3 Å². The van der Waals surface area contributed by atoms with Crippen LogP contribution in [0, 0.1) is 0 Å². The summed E-state index contributed by atoms with van der Waals surface area (Å²) in [5.41, 5.74) is -0.349. The lowest BCUT2D eigenvalue weighted by Crippen LogP contribution is -2.43. The fourth-order valence-corrected chi connectivity index (χ4v) is 4.02. The van der Waals surface area contributed by atoms with Gasteiger partial charge in [0, 0.05) is 39.0 Å². The molecule has 0 bridgehead atoms. The third-order valence-corrected chi connectivity index (χ3v) is 8.25. The molecule has 77 heavy (non-hydrogen) atoms. The van der Waals surface area contributed by atoms with Crippen molar-refractivity contribution in [2.75, 3.05) is 106 Å². The summed E-state index contributed by atoms with van der Waals surface area (Å²) >= 11 is 0. The van der Waals surface area contributed by atoms with E-state index in [0.717, 1.165) is 0 Å². The molecule has 21 heteroatoms. The predicted octanol–water partition coefficient (Wildman–Crippen LogP) is 7.28. The highest BCUT2D eigenvalue weighted by atomic mass is 16.6. The van der Waals surface area contributed by atoms with E-state index >= 15 is 0 Å². The molecule has 0 heterocycles. The van der Waals surface area contributed by atoms with Crippen molar-refractivity contribution in [2.45, 2.75) is 86.5 Å². The SMILES string of the molecule is C=C(C)C(=O)OCC(C)(COC(=O)C(=C)C)OC(=O)C(=C)C.C=C(C)C(=O)OCCOCC(C)(COCCOC(=O)C(=C)C)OCCOC(=O)C(=C)C.C=CC(C)OCCOC(=O)C(=C)C.C=COCCOCCOC=C. The molecule has 0 N–H and O–H groups in total. The summed E-state index contributed by atoms with van der Waals surface area (Å²) in [6.07, 6.45) is 4.46. The number of hydrogen-bond acceptors (Lipinski definition) is 21. The van der Waals surface area contributed by atoms with Crippen LogP contribution in [-0.2, 0) is 99.9 Å². The Morgan fingerprint density at radius 3 is 0.987 bits per heavy atom. The first kappa shape index (κ1) is 76.6. The van der Waals surface area contributed by atoms with E-state index in [4.69, 9.17) is 66.3 Å². The van der Waals surface area contributed by atoms with Crippen LogP contribution >= 0.6 is 0 Å². The van der Waals surface area contributed by atoms with E-state index in [-0.39, 0.29) is 101 Å². The maximum atomic E-state index is 11.7. The van der Waals surface area contributed by atoms with Gasteiger partial charge >= 0.3 is 41.8 Å². The van der Waals surface area contributed by atoms with Crippen molar-refractivity contribution in [3.8, 4) is 0 Å². The fourth-order valence-electron chi connectivity index (χ4n) is 4.02. The molecule has 0 aliphatic rings. The normalized spacial score (nSPS) is 10.6. The Bertz CT molecular complexity index is 1880. The molecule has 0 fully saturated rings. The number of esters is 7. The zero-order valence-corrected chi connectivity index (χ0v) is 47.3. The van der Waals surface area contributed by atoms with Gasteiger partial charge in [-0.15, -0.1) is 6.58 Å². The van der Waals surface area contributed by atoms with Crippen molar-refractivity contribution in [3.05, 3.63) is 123 Å². The van der Waals surface area contributed by atoms with Gasteiger partial charge in [-0.1, -0.05) is 65.3 Å². The molecule has 0 saturated heterocycles. The maximum absolute atomic E-state index is 11.7. The summed E-state index contributed by atoms with van der Waals surface area (Å²) in [6, 6.07) is 0. The minimum absolute atomic E-state index is 0.0106. The monoisotopic (exact) mass is 1090 g/mol. The molecule has 1 unspecified atom stereocenters. The van der Waals surface area contributed by atoms with Gasteiger partial charge in [0.25, 0.3) is 0 Å². The van der Waals surface area contributed by atoms with Gasteiger partial charge in [-0.2, -0.15) is 0 Å². The number of rotatable bonds is 39. The van der Waals surface area contributed by atoms with Crippen molar-refractivity contribution in [3.63, 3.8) is 0 Å². The standard InChI is InChI=1S/C22H34O9.C16H22O6.C10H16O3.C8H14O3/c1-16(2)19(23)28-10-8-26-14-22(7,31-13-12-30-21(25)18(5)6)15-27-9-11-29-20(24)17(3)4;1-10(2)13(17)20-8-16(7,22-15(19)12(5)6)9-21-14(18)11(3)4;1-5-9(4)12-6-7-13-10(11)8(2)3;1-3-9-5-7-11-8-6-10-4-2/h1,3,5,8-15H2,2,4,6-7H3;1,3,5,8-9H2,2,4,6-7H3;5,9H,1-2,6-7H2,3-4H3;3-4H,1-2,5-8H2. The first-order valence-corrected chi connectivity index (χ1v) is 23.9. The molecular weight excluding hydrogens is 1010 g/mol. The van der Waals surface area contributed by atoms with E-state index in [1.165, 1.54) is 40.2 Å². The molecule has 0 aliphatic heterocycles. The molecule has 0 saturated carbocycles. The van der Waals surface area contributed by atoms with Gasteiger partial charge in [-0.3, -0.25) is 0 Å². The van der Waals surface area contributed by atoms with Gasteiger partial charge < -0.3 is 66.3 Å². The molecule has 0 radical (unpaired) electrons. The van der Waals surface area contributed by atoms with Crippen LogP contribution in [-0.4, -0.2) is 165 Å². The predicted molar refractivity (Wildman–Crippen MR) is 289 cm³/mol. The second-order valence-electron chi connectivity index (χ2n) is 16.9. The van der Waals surface area contributed by atoms with E-state index in [1.54, 1.807) is 40.7 Å². The Morgan fingerprint density at radius 2 is 0.675 bits per heavy atom. The maximum Gasteiger partial charge on any atom is 0.333 e. The molecule has 436 valence electrons. The Morgan fingerprint density at radius 1 is 0.377 bits per heavy atom. The van der Waals surface area contributed by atoms with Crippen molar-refractivity contribution >= 4 is 41.8 Å². The summed E-state index contributed by atoms with van der Waals surface area (Å²) in [7, 11) is 0. The topological polar surface area (TPSA) is 249 Å². The number of ether oxygens (including phenoxy) is 14. The average Bonchev–Trinajstić information content (AvgIpc) is 3.36. The van der Waals surface area contributed by atoms with Gasteiger partial charge in [0.05, 0.1) is 71.5 Å². The summed E-state index contributed by atoms with van der Waals surface area (Å²) in [6.45, 7) is 53.6. The first-order chi connectivity index (χ1) is 36.0. The number of hydrogen-bond donors (Lipinski definition) is 0. The molecule has 0 rings (SSSR count). The van der Waals surface area contributed by atoms with Crippen LogP contribution in [0.2, 0.25) is 0 Å². The average molecular weight is 1100 g/mol. The number of carbonyl (C=O) groups excluding carboxylic acids is 7. The largest absolute Gasteiger partial charge is 0.499 e. The van der Waals surface area contributed by atoms with Gasteiger partial charge in [-0.25, -0.2) is 33.6 Å². The van der Waals surface area contributed by atoms with Crippen LogP contribution in [0.4, 0.5) is 0 Å². The van der Waals surface area contributed by atoms with E-state index in [1.807, 2.05) is 6.92 Å². The summed E-state index contributed by atoms with van der Waals surface area (Å²) < 4.78 is 71.7. The second kappa shape index (κ2) is 46.4. The summed E-state index contributed by atoms with van der Waals surface area (Å²) in [5, 5.41) is 0. The first-order valence-electron chi connectivity index (χ1n) is 23.9. The summed E-state index contributed by atoms with van der Waals surface area (Å²) in [4.78, 5) is 79.6. The molecule has 0 aromatic heterocycles. The van der Waals surface area contributed by atoms with Crippen LogP contribution in [0.15, 0.2) is 123 Å². The van der Waals surface area contributed by atoms with Gasteiger partial charge in [-0.05, 0) is 69.2 Å². The van der Waals surface area contributed by atoms with Gasteiger partial charge in [0.1, 0.15) is 58.5 Å². The highest BCUT2D eigenvalue weighted by Crippen LogP contribution is 2.17. The molecule has 21 nitrogen and oxygen atoms in total. The molecular formula is C56H86O21. The fraction of sp³-hybridized carbons (Fsp3) is 0.518. The van der Waals surface area contributed by atoms with E-state index in [9.17, 15) is 33.6 Å². The summed E-state index contributed by atoms with van der Waals surface area (Å²) in [5.74, 6) is -3.82. The Hall–Kier alpha value is -6.91. The number of carbonyl (C=O) groups is 7. The lowest BCUT2D eigenvalue weighted by Gasteiger charge is -2.29. The Labute approximate surface area is 456 Å². The van der Waals surface area contributed by atoms with Gasteiger partial charge in [0.15, 0.2) is 5.60 Å². The van der Waals surface area contributed by atoms with Crippen molar-refractivity contribution in [1.29, 1.82) is 0 Å². The lowest BCUT2D eigenvalue weighted by molar-refractivity contribution is -0.176. The highest BCUT2D eigenvalue weighted by molar-refractivity contribution is 5.89. The van der Waals surface area contributed by atoms with E-state index in [2.05, 4.69) is 65.8 Å². The zero-order chi connectivity index (χ0) is 60.0.